The molecule has 0 bridgehead atoms. The van der Waals surface area contributed by atoms with Gasteiger partial charge in [-0.05, 0) is 35.7 Å². The molecular weight excluding hydrogens is 369 g/mol. The summed E-state index contributed by atoms with van der Waals surface area (Å²) >= 11 is 0. The maximum Gasteiger partial charge on any atom is 0.419 e. The van der Waals surface area contributed by atoms with Gasteiger partial charge in [-0.2, -0.15) is 13.2 Å². The van der Waals surface area contributed by atoms with Gasteiger partial charge >= 0.3 is 6.18 Å². The standard InChI is InChI=1S/C18H12F5N3O/c19-12-3-1-2-10(16(12)18(21,22)23)9-4-5-15-24-14(8-26(15)7-9)25-17(27)11-6-13(11)20/h1-5,7-8,11,13H,6H2,(H,25,27). The molecule has 0 spiro atoms. The van der Waals surface area contributed by atoms with Crippen molar-refractivity contribution in [3.63, 3.8) is 0 Å². The third-order valence-electron chi connectivity index (χ3n) is 4.36. The van der Waals surface area contributed by atoms with Gasteiger partial charge in [-0.15, -0.1) is 0 Å². The molecule has 1 aliphatic carbocycles. The fourth-order valence-electron chi connectivity index (χ4n) is 2.92. The number of imidazole rings is 1. The van der Waals surface area contributed by atoms with E-state index in [4.69, 9.17) is 0 Å². The summed E-state index contributed by atoms with van der Waals surface area (Å²) in [5.41, 5.74) is -1.15. The molecule has 2 heterocycles. The first kappa shape index (κ1) is 17.4. The van der Waals surface area contributed by atoms with Crippen LogP contribution in [-0.2, 0) is 11.0 Å². The Balaban J connectivity index is 1.70. The predicted octanol–water partition coefficient (Wildman–Crippen LogP) is 4.46. The number of halogens is 5. The van der Waals surface area contributed by atoms with Gasteiger partial charge in [-0.25, -0.2) is 13.8 Å². The minimum absolute atomic E-state index is 0.135. The van der Waals surface area contributed by atoms with E-state index in [0.717, 1.165) is 6.07 Å². The molecule has 1 aliphatic rings. The topological polar surface area (TPSA) is 46.4 Å². The molecule has 0 aliphatic heterocycles. The molecule has 1 amide bonds. The highest BCUT2D eigenvalue weighted by Crippen LogP contribution is 2.39. The van der Waals surface area contributed by atoms with Crippen molar-refractivity contribution >= 4 is 17.4 Å². The van der Waals surface area contributed by atoms with Crippen LogP contribution in [0.4, 0.5) is 27.8 Å². The Morgan fingerprint density at radius 2 is 1.93 bits per heavy atom. The van der Waals surface area contributed by atoms with Crippen molar-refractivity contribution in [2.24, 2.45) is 5.92 Å². The van der Waals surface area contributed by atoms with Gasteiger partial charge in [0.15, 0.2) is 5.82 Å². The van der Waals surface area contributed by atoms with Gasteiger partial charge in [0.1, 0.15) is 17.6 Å². The maximum absolute atomic E-state index is 13.8. The minimum atomic E-state index is -4.85. The number of carbonyl (C=O) groups excluding carboxylic acids is 1. The summed E-state index contributed by atoms with van der Waals surface area (Å²) in [6, 6.07) is 5.97. The number of amides is 1. The number of carbonyl (C=O) groups is 1. The number of hydrogen-bond donors (Lipinski definition) is 1. The first-order valence-corrected chi connectivity index (χ1v) is 8.04. The van der Waals surface area contributed by atoms with E-state index in [0.29, 0.717) is 5.65 Å². The predicted molar refractivity (Wildman–Crippen MR) is 87.2 cm³/mol. The first-order chi connectivity index (χ1) is 12.7. The Morgan fingerprint density at radius 1 is 1.19 bits per heavy atom. The highest BCUT2D eigenvalue weighted by Gasteiger charge is 2.43. The fraction of sp³-hybridized carbons (Fsp3) is 0.222. The molecule has 1 aromatic carbocycles. The molecule has 4 rings (SSSR count). The van der Waals surface area contributed by atoms with E-state index in [2.05, 4.69) is 10.3 Å². The Hall–Kier alpha value is -2.97. The van der Waals surface area contributed by atoms with Crippen molar-refractivity contribution in [1.29, 1.82) is 0 Å². The normalized spacial score (nSPS) is 19.3. The molecule has 4 nitrogen and oxygen atoms in total. The summed E-state index contributed by atoms with van der Waals surface area (Å²) in [7, 11) is 0. The fourth-order valence-corrected chi connectivity index (χ4v) is 2.92. The van der Waals surface area contributed by atoms with Crippen LogP contribution >= 0.6 is 0 Å². The Morgan fingerprint density at radius 3 is 2.59 bits per heavy atom. The highest BCUT2D eigenvalue weighted by atomic mass is 19.4. The van der Waals surface area contributed by atoms with Crippen LogP contribution < -0.4 is 5.32 Å². The second-order valence-corrected chi connectivity index (χ2v) is 6.32. The van der Waals surface area contributed by atoms with E-state index < -0.39 is 35.6 Å². The molecule has 2 atom stereocenters. The number of aromatic nitrogens is 2. The molecule has 1 N–H and O–H groups in total. The largest absolute Gasteiger partial charge is 0.419 e. The molecule has 9 heteroatoms. The van der Waals surface area contributed by atoms with Crippen LogP contribution in [0.1, 0.15) is 12.0 Å². The number of anilines is 1. The van der Waals surface area contributed by atoms with Gasteiger partial charge in [0, 0.05) is 6.20 Å². The summed E-state index contributed by atoms with van der Waals surface area (Å²) in [6.07, 6.45) is -3.07. The summed E-state index contributed by atoms with van der Waals surface area (Å²) in [6.45, 7) is 0. The Labute approximate surface area is 149 Å². The molecule has 0 saturated heterocycles. The van der Waals surface area contributed by atoms with Crippen molar-refractivity contribution in [3.8, 4) is 11.1 Å². The average Bonchev–Trinajstić information content (AvgIpc) is 3.18. The minimum Gasteiger partial charge on any atom is -0.309 e. The SMILES string of the molecule is O=C(Nc1cn2cc(-c3cccc(F)c3C(F)(F)F)ccc2n1)C1CC1F. The van der Waals surface area contributed by atoms with E-state index in [-0.39, 0.29) is 23.4 Å². The van der Waals surface area contributed by atoms with Gasteiger partial charge in [0.25, 0.3) is 0 Å². The summed E-state index contributed by atoms with van der Waals surface area (Å²) in [5.74, 6) is -2.38. The number of alkyl halides is 4. The molecule has 1 fully saturated rings. The number of hydrogen-bond acceptors (Lipinski definition) is 2. The molecule has 2 aromatic heterocycles. The van der Waals surface area contributed by atoms with Crippen molar-refractivity contribution in [2.75, 3.05) is 5.32 Å². The maximum atomic E-state index is 13.8. The second kappa shape index (κ2) is 6.04. The number of fused-ring (bicyclic) bond motifs is 1. The lowest BCUT2D eigenvalue weighted by atomic mass is 10.00. The molecular formula is C18H12F5N3O. The zero-order valence-corrected chi connectivity index (χ0v) is 13.6. The molecule has 27 heavy (non-hydrogen) atoms. The Bertz CT molecular complexity index is 1040. The third kappa shape index (κ3) is 3.24. The zero-order chi connectivity index (χ0) is 19.3. The van der Waals surface area contributed by atoms with Crippen LogP contribution in [0.25, 0.3) is 16.8 Å². The van der Waals surface area contributed by atoms with E-state index in [1.54, 1.807) is 0 Å². The van der Waals surface area contributed by atoms with Crippen LogP contribution in [0.2, 0.25) is 0 Å². The third-order valence-corrected chi connectivity index (χ3v) is 4.36. The van der Waals surface area contributed by atoms with Crippen molar-refractivity contribution in [3.05, 3.63) is 54.1 Å². The lowest BCUT2D eigenvalue weighted by molar-refractivity contribution is -0.139. The first-order valence-electron chi connectivity index (χ1n) is 8.04. The molecule has 2 unspecified atom stereocenters. The van der Waals surface area contributed by atoms with Crippen LogP contribution in [0.15, 0.2) is 42.7 Å². The van der Waals surface area contributed by atoms with Crippen LogP contribution in [0.3, 0.4) is 0 Å². The molecule has 0 radical (unpaired) electrons. The van der Waals surface area contributed by atoms with Crippen molar-refractivity contribution in [2.45, 2.75) is 18.8 Å². The van der Waals surface area contributed by atoms with Gasteiger partial charge in [0.2, 0.25) is 5.91 Å². The van der Waals surface area contributed by atoms with E-state index in [1.165, 1.54) is 41.1 Å². The average molecular weight is 381 g/mol. The van der Waals surface area contributed by atoms with Crippen LogP contribution in [0, 0.1) is 11.7 Å². The number of benzene rings is 1. The van der Waals surface area contributed by atoms with Crippen LogP contribution in [-0.4, -0.2) is 21.5 Å². The molecule has 1 saturated carbocycles. The van der Waals surface area contributed by atoms with Gasteiger partial charge in [-0.3, -0.25) is 4.79 Å². The molecule has 3 aromatic rings. The second-order valence-electron chi connectivity index (χ2n) is 6.32. The van der Waals surface area contributed by atoms with Gasteiger partial charge in [-0.1, -0.05) is 12.1 Å². The lowest BCUT2D eigenvalue weighted by Gasteiger charge is -2.14. The molecule has 140 valence electrons. The monoisotopic (exact) mass is 381 g/mol. The highest BCUT2D eigenvalue weighted by molar-refractivity contribution is 5.94. The zero-order valence-electron chi connectivity index (χ0n) is 13.6. The number of pyridine rings is 1. The quantitative estimate of drug-likeness (QED) is 0.681. The van der Waals surface area contributed by atoms with Gasteiger partial charge < -0.3 is 9.72 Å². The summed E-state index contributed by atoms with van der Waals surface area (Å²) < 4.78 is 67.8. The summed E-state index contributed by atoms with van der Waals surface area (Å²) in [4.78, 5) is 15.9. The van der Waals surface area contributed by atoms with Crippen molar-refractivity contribution in [1.82, 2.24) is 9.38 Å². The number of rotatable bonds is 3. The smallest absolute Gasteiger partial charge is 0.309 e. The number of nitrogens with one attached hydrogen (secondary N) is 1. The Kier molecular flexibility index (Phi) is 3.90. The number of nitrogens with zero attached hydrogens (tertiary/aromatic N) is 2. The van der Waals surface area contributed by atoms with E-state index in [9.17, 15) is 26.7 Å². The van der Waals surface area contributed by atoms with E-state index >= 15 is 0 Å². The van der Waals surface area contributed by atoms with Gasteiger partial charge in [0.05, 0.1) is 17.7 Å². The summed E-state index contributed by atoms with van der Waals surface area (Å²) in [5, 5.41) is 2.48. The van der Waals surface area contributed by atoms with E-state index in [1.807, 2.05) is 0 Å². The van der Waals surface area contributed by atoms with Crippen LogP contribution in [0.5, 0.6) is 0 Å². The lowest BCUT2D eigenvalue weighted by Crippen LogP contribution is -2.15. The van der Waals surface area contributed by atoms with Crippen molar-refractivity contribution < 1.29 is 26.7 Å².